The largest absolute Gasteiger partial charge is 0.743 e. The number of aryl methyl sites for hydroxylation is 1. The number of rotatable bonds is 3. The topological polar surface area (TPSA) is 57.2 Å². The van der Waals surface area contributed by atoms with Crippen molar-refractivity contribution in [3.05, 3.63) is 66.8 Å². The summed E-state index contributed by atoms with van der Waals surface area (Å²) in [6.07, 6.45) is -6.35. The molecule has 0 aliphatic carbocycles. The van der Waals surface area contributed by atoms with Crippen LogP contribution in [0.2, 0.25) is 0 Å². The normalized spacial score (nSPS) is 12.9. The van der Waals surface area contributed by atoms with Gasteiger partial charge in [-0.2, -0.15) is 22.0 Å². The highest BCUT2D eigenvalue weighted by molar-refractivity contribution is 7.86. The second kappa shape index (κ2) is 9.25. The smallest absolute Gasteiger partial charge is 0.468 e. The monoisotopic (exact) mass is 550 g/mol. The van der Waals surface area contributed by atoms with Crippen LogP contribution in [0, 0.1) is 14.1 Å². The Hall–Kier alpha value is -1.27. The van der Waals surface area contributed by atoms with Crippen LogP contribution in [0.3, 0.4) is 0 Å². The summed E-state index contributed by atoms with van der Waals surface area (Å²) in [6.45, 7) is 8.92. The maximum Gasteiger partial charge on any atom is 0.468 e. The van der Waals surface area contributed by atoms with Gasteiger partial charge in [-0.3, -0.25) is 0 Å². The first-order valence-corrected chi connectivity index (χ1v) is 11.7. The molecule has 10 heteroatoms. The van der Waals surface area contributed by atoms with Crippen molar-refractivity contribution in [1.29, 1.82) is 0 Å². The Kier molecular flexibility index (Phi) is 8.22. The lowest BCUT2D eigenvalue weighted by Crippen LogP contribution is -3.61. The molecule has 0 N–H and O–H groups in total. The van der Waals surface area contributed by atoms with Crippen LogP contribution >= 0.6 is 0 Å². The van der Waals surface area contributed by atoms with E-state index in [2.05, 4.69) is 76.2 Å². The molecule has 29 heavy (non-hydrogen) atoms. The summed E-state index contributed by atoms with van der Waals surface area (Å²) in [6, 6.07) is 18.1. The molecule has 0 atom stereocenters. The van der Waals surface area contributed by atoms with Crippen LogP contribution in [-0.4, -0.2) is 24.4 Å². The highest BCUT2D eigenvalue weighted by atomic mass is 127. The zero-order chi connectivity index (χ0) is 22.7. The number of hydrogen-bond acceptors (Lipinski definition) is 3. The Morgan fingerprint density at radius 3 is 1.45 bits per heavy atom. The third-order valence-corrected chi connectivity index (χ3v) is 7.13. The van der Waals surface area contributed by atoms with E-state index in [1.54, 1.807) is 0 Å². The summed E-state index contributed by atoms with van der Waals surface area (Å²) >= 11 is -0.0336. The van der Waals surface area contributed by atoms with Crippen LogP contribution in [0.25, 0.3) is 0 Å². The van der Waals surface area contributed by atoms with Gasteiger partial charge in [-0.1, -0.05) is 50.6 Å². The molecule has 3 nitrogen and oxygen atoms in total. The fourth-order valence-electron chi connectivity index (χ4n) is 1.88. The van der Waals surface area contributed by atoms with Gasteiger partial charge in [-0.15, -0.1) is 0 Å². The van der Waals surface area contributed by atoms with E-state index < -0.39 is 21.5 Å². The maximum absolute atomic E-state index is 11.4. The molecule has 2 rings (SSSR count). The minimum Gasteiger partial charge on any atom is -0.743 e. The van der Waals surface area contributed by atoms with Gasteiger partial charge < -0.3 is 4.55 Å². The molecular weight excluding hydrogens is 530 g/mol. The van der Waals surface area contributed by atoms with Crippen LogP contribution in [0.5, 0.6) is 0 Å². The first-order valence-electron chi connectivity index (χ1n) is 8.17. The standard InChI is InChI=1S/C17H20I.C2HF5O3S/c1-13-5-9-15(10-6-13)18-16-11-7-14(8-12-16)17(2,3)4;3-1(4,5)2(6,7)11(8,9)10/h5-12H,1-4H3;(H,8,9,10)/q+1;/p-1. The summed E-state index contributed by atoms with van der Waals surface area (Å²) in [5.41, 5.74) is 3.01. The molecule has 2 aromatic rings. The molecule has 0 spiro atoms. The van der Waals surface area contributed by atoms with Gasteiger partial charge in [-0.25, -0.2) is 8.42 Å². The molecule has 0 heterocycles. The average Bonchev–Trinajstić information content (AvgIpc) is 2.55. The van der Waals surface area contributed by atoms with E-state index >= 15 is 0 Å². The van der Waals surface area contributed by atoms with Crippen molar-refractivity contribution in [2.45, 2.75) is 44.5 Å². The van der Waals surface area contributed by atoms with Gasteiger partial charge in [0.05, 0.1) is 0 Å². The summed E-state index contributed by atoms with van der Waals surface area (Å²) in [7, 11) is -6.67. The van der Waals surface area contributed by atoms with Crippen molar-refractivity contribution in [3.63, 3.8) is 0 Å². The summed E-state index contributed by atoms with van der Waals surface area (Å²) < 4.78 is 86.6. The van der Waals surface area contributed by atoms with Gasteiger partial charge in [0.25, 0.3) is 0 Å². The molecule has 0 unspecified atom stereocenters. The molecular formula is C19H20F5IO3S. The van der Waals surface area contributed by atoms with E-state index in [1.165, 1.54) is 18.3 Å². The lowest BCUT2D eigenvalue weighted by atomic mass is 9.87. The third-order valence-electron chi connectivity index (χ3n) is 3.58. The van der Waals surface area contributed by atoms with E-state index in [1.807, 2.05) is 0 Å². The molecule has 2 aromatic carbocycles. The molecule has 0 saturated heterocycles. The predicted molar refractivity (Wildman–Crippen MR) is 94.4 cm³/mol. The fraction of sp³-hybridized carbons (Fsp3) is 0.368. The minimum atomic E-state index is -6.67. The van der Waals surface area contributed by atoms with Crippen molar-refractivity contribution in [1.82, 2.24) is 0 Å². The average molecular weight is 550 g/mol. The zero-order valence-corrected chi connectivity index (χ0v) is 19.0. The first kappa shape index (κ1) is 25.8. The summed E-state index contributed by atoms with van der Waals surface area (Å²) in [5, 5.41) is -6.21. The quantitative estimate of drug-likeness (QED) is 0.335. The van der Waals surface area contributed by atoms with Crippen molar-refractivity contribution < 1.29 is 56.1 Å². The molecule has 0 amide bonds. The molecule has 0 aliphatic rings. The van der Waals surface area contributed by atoms with E-state index in [0.29, 0.717) is 0 Å². The van der Waals surface area contributed by atoms with E-state index in [0.717, 1.165) is 0 Å². The number of halogens is 6. The van der Waals surface area contributed by atoms with Gasteiger partial charge in [0.2, 0.25) is 0 Å². The van der Waals surface area contributed by atoms with Crippen LogP contribution in [0.1, 0.15) is 31.9 Å². The highest BCUT2D eigenvalue weighted by Crippen LogP contribution is 2.38. The van der Waals surface area contributed by atoms with Crippen molar-refractivity contribution in [2.75, 3.05) is 0 Å². The van der Waals surface area contributed by atoms with Gasteiger partial charge >= 0.3 is 32.6 Å². The van der Waals surface area contributed by atoms with E-state index in [4.69, 9.17) is 0 Å². The fourth-order valence-corrected chi connectivity index (χ4v) is 4.32. The molecule has 0 saturated carbocycles. The highest BCUT2D eigenvalue weighted by Gasteiger charge is 2.63. The molecule has 0 aromatic heterocycles. The van der Waals surface area contributed by atoms with Gasteiger partial charge in [0.15, 0.2) is 17.3 Å². The predicted octanol–water partition coefficient (Wildman–Crippen LogP) is 2.11. The van der Waals surface area contributed by atoms with Crippen molar-refractivity contribution >= 4 is 10.1 Å². The first-order chi connectivity index (χ1) is 12.9. The van der Waals surface area contributed by atoms with E-state index in [-0.39, 0.29) is 26.6 Å². The van der Waals surface area contributed by atoms with Crippen LogP contribution in [-0.2, 0) is 15.5 Å². The van der Waals surface area contributed by atoms with Crippen LogP contribution < -0.4 is 21.2 Å². The molecule has 0 bridgehead atoms. The Labute approximate surface area is 177 Å². The van der Waals surface area contributed by atoms with E-state index in [9.17, 15) is 34.9 Å². The Balaban J connectivity index is 0.000000331. The van der Waals surface area contributed by atoms with Gasteiger partial charge in [0.1, 0.15) is 0 Å². The lowest BCUT2D eigenvalue weighted by molar-refractivity contribution is -0.597. The third kappa shape index (κ3) is 7.49. The van der Waals surface area contributed by atoms with Gasteiger partial charge in [0, 0.05) is 0 Å². The van der Waals surface area contributed by atoms with Crippen molar-refractivity contribution in [3.8, 4) is 0 Å². The molecule has 0 fully saturated rings. The molecule has 0 aliphatic heterocycles. The second-order valence-corrected chi connectivity index (χ2v) is 11.6. The molecule has 0 radical (unpaired) electrons. The zero-order valence-electron chi connectivity index (χ0n) is 16.0. The number of hydrogen-bond donors (Lipinski definition) is 0. The van der Waals surface area contributed by atoms with Crippen LogP contribution in [0.15, 0.2) is 48.5 Å². The van der Waals surface area contributed by atoms with Gasteiger partial charge in [-0.05, 0) is 42.2 Å². The van der Waals surface area contributed by atoms with Crippen molar-refractivity contribution in [2.24, 2.45) is 0 Å². The maximum atomic E-state index is 11.4. The Bertz CT molecular complexity index is 901. The molecule has 162 valence electrons. The Morgan fingerprint density at radius 2 is 1.17 bits per heavy atom. The second-order valence-electron chi connectivity index (χ2n) is 7.12. The summed E-state index contributed by atoms with van der Waals surface area (Å²) in [4.78, 5) is 0. The lowest BCUT2D eigenvalue weighted by Gasteiger charge is -2.21. The summed E-state index contributed by atoms with van der Waals surface area (Å²) in [5.74, 6) is 0. The van der Waals surface area contributed by atoms with Crippen LogP contribution in [0.4, 0.5) is 22.0 Å². The Morgan fingerprint density at radius 1 is 0.793 bits per heavy atom. The SMILES string of the molecule is Cc1ccc([I+]c2ccc(C(C)(C)C)cc2)cc1.O=S(=O)([O-])C(F)(F)C(F)(F)F. The minimum absolute atomic E-state index is 0.0336. The number of benzene rings is 2. The number of alkyl halides is 5.